The molecule has 1 heterocycles. The number of carbonyl (C=O) groups is 1. The number of esters is 1. The predicted octanol–water partition coefficient (Wildman–Crippen LogP) is 3.17. The summed E-state index contributed by atoms with van der Waals surface area (Å²) < 4.78 is 13.3. The summed E-state index contributed by atoms with van der Waals surface area (Å²) in [6.07, 6.45) is 4.79. The van der Waals surface area contributed by atoms with E-state index in [2.05, 4.69) is 13.8 Å². The normalized spacial score (nSPS) is 24.2. The molecule has 20 heavy (non-hydrogen) atoms. The zero-order valence-corrected chi connectivity index (χ0v) is 12.9. The van der Waals surface area contributed by atoms with E-state index in [1.54, 1.807) is 10.6 Å². The second-order valence-corrected chi connectivity index (χ2v) is 5.52. The number of ether oxygens (including phenoxy) is 2. The number of rotatable bonds is 6. The van der Waals surface area contributed by atoms with Gasteiger partial charge in [-0.25, -0.2) is 4.79 Å². The van der Waals surface area contributed by atoms with Gasteiger partial charge in [0, 0.05) is 31.7 Å². The molecule has 0 aliphatic heterocycles. The lowest BCUT2D eigenvalue weighted by Gasteiger charge is -2.54. The maximum absolute atomic E-state index is 12.2. The molecule has 1 saturated carbocycles. The van der Waals surface area contributed by atoms with Crippen LogP contribution in [0.1, 0.15) is 50.5 Å². The average Bonchev–Trinajstić information content (AvgIpc) is 2.85. The molecule has 1 fully saturated rings. The van der Waals surface area contributed by atoms with Gasteiger partial charge in [-0.2, -0.15) is 0 Å². The Labute approximate surface area is 121 Å². The second-order valence-electron chi connectivity index (χ2n) is 5.52. The molecule has 0 saturated heterocycles. The highest BCUT2D eigenvalue weighted by Crippen LogP contribution is 2.50. The summed E-state index contributed by atoms with van der Waals surface area (Å²) in [6.45, 7) is 7.03. The van der Waals surface area contributed by atoms with Crippen LogP contribution in [0.3, 0.4) is 0 Å². The van der Waals surface area contributed by atoms with Crippen LogP contribution in [0.4, 0.5) is 0 Å². The minimum Gasteiger partial charge on any atom is -0.457 e. The standard InChI is InChI=1S/C16H25NO3/c1-5-16(6-2)13(19-7-3)11-14(16)20-15(18)12-9-8-10-17(12)4/h8-10,13-14H,5-7,11H2,1-4H3/t13-,14+/m1/s1. The van der Waals surface area contributed by atoms with Gasteiger partial charge in [0.15, 0.2) is 0 Å². The highest BCUT2D eigenvalue weighted by atomic mass is 16.6. The van der Waals surface area contributed by atoms with E-state index in [0.29, 0.717) is 12.3 Å². The van der Waals surface area contributed by atoms with Crippen LogP contribution in [0.5, 0.6) is 0 Å². The van der Waals surface area contributed by atoms with Gasteiger partial charge >= 0.3 is 5.97 Å². The molecule has 1 aromatic heterocycles. The Morgan fingerprint density at radius 3 is 2.55 bits per heavy atom. The smallest absolute Gasteiger partial charge is 0.355 e. The molecule has 112 valence electrons. The van der Waals surface area contributed by atoms with E-state index in [1.807, 2.05) is 26.2 Å². The number of aromatic nitrogens is 1. The van der Waals surface area contributed by atoms with Crippen molar-refractivity contribution in [2.75, 3.05) is 6.61 Å². The predicted molar refractivity (Wildman–Crippen MR) is 77.7 cm³/mol. The fourth-order valence-electron chi connectivity index (χ4n) is 3.33. The van der Waals surface area contributed by atoms with Crippen LogP contribution in [0.25, 0.3) is 0 Å². The van der Waals surface area contributed by atoms with Crippen LogP contribution in [0.2, 0.25) is 0 Å². The number of hydrogen-bond acceptors (Lipinski definition) is 3. The van der Waals surface area contributed by atoms with Gasteiger partial charge in [-0.15, -0.1) is 0 Å². The van der Waals surface area contributed by atoms with E-state index >= 15 is 0 Å². The first-order chi connectivity index (χ1) is 9.58. The van der Waals surface area contributed by atoms with Gasteiger partial charge in [0.1, 0.15) is 11.8 Å². The van der Waals surface area contributed by atoms with Crippen molar-refractivity contribution < 1.29 is 14.3 Å². The molecule has 0 bridgehead atoms. The maximum atomic E-state index is 12.2. The fourth-order valence-corrected chi connectivity index (χ4v) is 3.33. The topological polar surface area (TPSA) is 40.5 Å². The van der Waals surface area contributed by atoms with Crippen LogP contribution >= 0.6 is 0 Å². The van der Waals surface area contributed by atoms with Crippen LogP contribution < -0.4 is 0 Å². The molecule has 1 aliphatic carbocycles. The summed E-state index contributed by atoms with van der Waals surface area (Å²) in [7, 11) is 1.85. The van der Waals surface area contributed by atoms with Gasteiger partial charge in [-0.3, -0.25) is 0 Å². The first kappa shape index (κ1) is 15.1. The summed E-state index contributed by atoms with van der Waals surface area (Å²) in [5, 5.41) is 0. The van der Waals surface area contributed by atoms with Crippen molar-refractivity contribution in [1.82, 2.24) is 4.57 Å². The summed E-state index contributed by atoms with van der Waals surface area (Å²) in [5.41, 5.74) is 0.586. The third kappa shape index (κ3) is 2.37. The lowest BCUT2D eigenvalue weighted by Crippen LogP contribution is -2.59. The Hall–Kier alpha value is -1.29. The lowest BCUT2D eigenvalue weighted by molar-refractivity contribution is -0.195. The summed E-state index contributed by atoms with van der Waals surface area (Å²) in [6, 6.07) is 3.65. The van der Waals surface area contributed by atoms with Gasteiger partial charge in [-0.1, -0.05) is 13.8 Å². The van der Waals surface area contributed by atoms with E-state index in [-0.39, 0.29) is 23.6 Å². The number of hydrogen-bond donors (Lipinski definition) is 0. The molecule has 4 nitrogen and oxygen atoms in total. The average molecular weight is 279 g/mol. The van der Waals surface area contributed by atoms with Gasteiger partial charge in [0.25, 0.3) is 0 Å². The lowest BCUT2D eigenvalue weighted by atomic mass is 9.60. The molecular formula is C16H25NO3. The molecule has 0 amide bonds. The fraction of sp³-hybridized carbons (Fsp3) is 0.688. The van der Waals surface area contributed by atoms with Crippen LogP contribution in [-0.4, -0.2) is 29.4 Å². The maximum Gasteiger partial charge on any atom is 0.355 e. The third-order valence-corrected chi connectivity index (χ3v) is 4.80. The first-order valence-corrected chi connectivity index (χ1v) is 7.52. The molecule has 2 rings (SSSR count). The molecule has 0 spiro atoms. The van der Waals surface area contributed by atoms with Gasteiger partial charge in [0.05, 0.1) is 6.10 Å². The van der Waals surface area contributed by atoms with E-state index in [0.717, 1.165) is 19.3 Å². The highest BCUT2D eigenvalue weighted by molar-refractivity contribution is 5.87. The first-order valence-electron chi connectivity index (χ1n) is 7.52. The van der Waals surface area contributed by atoms with Crippen molar-refractivity contribution in [3.63, 3.8) is 0 Å². The Kier molecular flexibility index (Phi) is 4.53. The quantitative estimate of drug-likeness (QED) is 0.751. The van der Waals surface area contributed by atoms with Gasteiger partial charge in [0.2, 0.25) is 0 Å². The largest absolute Gasteiger partial charge is 0.457 e. The molecule has 4 heteroatoms. The molecule has 0 unspecified atom stereocenters. The monoisotopic (exact) mass is 279 g/mol. The Bertz CT molecular complexity index is 462. The Morgan fingerprint density at radius 1 is 1.35 bits per heavy atom. The van der Waals surface area contributed by atoms with E-state index < -0.39 is 0 Å². The molecule has 1 aliphatic rings. The Morgan fingerprint density at radius 2 is 2.05 bits per heavy atom. The van der Waals surface area contributed by atoms with Crippen molar-refractivity contribution in [3.05, 3.63) is 24.0 Å². The van der Waals surface area contributed by atoms with E-state index in [4.69, 9.17) is 9.47 Å². The Balaban J connectivity index is 2.06. The minimum absolute atomic E-state index is 0.0170. The van der Waals surface area contributed by atoms with Gasteiger partial charge < -0.3 is 14.0 Å². The zero-order valence-electron chi connectivity index (χ0n) is 12.9. The molecule has 0 N–H and O–H groups in total. The van der Waals surface area contributed by atoms with Crippen molar-refractivity contribution in [2.45, 2.75) is 52.2 Å². The molecular weight excluding hydrogens is 254 g/mol. The summed E-state index contributed by atoms with van der Waals surface area (Å²) in [4.78, 5) is 12.2. The molecule has 0 radical (unpaired) electrons. The number of nitrogens with zero attached hydrogens (tertiary/aromatic N) is 1. The second kappa shape index (κ2) is 6.00. The molecule has 1 aromatic rings. The zero-order chi connectivity index (χ0) is 14.8. The number of carbonyl (C=O) groups excluding carboxylic acids is 1. The number of aryl methyl sites for hydroxylation is 1. The van der Waals surface area contributed by atoms with Crippen molar-refractivity contribution in [2.24, 2.45) is 12.5 Å². The third-order valence-electron chi connectivity index (χ3n) is 4.80. The van der Waals surface area contributed by atoms with Crippen LogP contribution in [0, 0.1) is 5.41 Å². The van der Waals surface area contributed by atoms with Crippen molar-refractivity contribution >= 4 is 5.97 Å². The SMILES string of the molecule is CCO[C@@H]1C[C@H](OC(=O)c2cccn2C)C1(CC)CC. The highest BCUT2D eigenvalue weighted by Gasteiger charge is 2.55. The minimum atomic E-state index is -0.233. The molecule has 2 atom stereocenters. The summed E-state index contributed by atoms with van der Waals surface area (Å²) >= 11 is 0. The van der Waals surface area contributed by atoms with Crippen molar-refractivity contribution in [3.8, 4) is 0 Å². The molecule has 0 aromatic carbocycles. The van der Waals surface area contributed by atoms with Gasteiger partial charge in [-0.05, 0) is 31.9 Å². The van der Waals surface area contributed by atoms with Crippen LogP contribution in [0.15, 0.2) is 18.3 Å². The van der Waals surface area contributed by atoms with Crippen molar-refractivity contribution in [1.29, 1.82) is 0 Å². The van der Waals surface area contributed by atoms with E-state index in [9.17, 15) is 4.79 Å². The summed E-state index contributed by atoms with van der Waals surface area (Å²) in [5.74, 6) is -0.233. The van der Waals surface area contributed by atoms with E-state index in [1.165, 1.54) is 0 Å². The van der Waals surface area contributed by atoms with Crippen LogP contribution in [-0.2, 0) is 16.5 Å².